The summed E-state index contributed by atoms with van der Waals surface area (Å²) >= 11 is 0. The van der Waals surface area contributed by atoms with Crippen molar-refractivity contribution in [3.05, 3.63) is 58.7 Å². The van der Waals surface area contributed by atoms with Crippen LogP contribution < -0.4 is 0 Å². The average molecular weight is 473 g/mol. The van der Waals surface area contributed by atoms with Gasteiger partial charge in [0.15, 0.2) is 23.3 Å². The van der Waals surface area contributed by atoms with Gasteiger partial charge in [0.25, 0.3) is 0 Å². The van der Waals surface area contributed by atoms with Crippen LogP contribution in [0.4, 0.5) is 22.0 Å². The van der Waals surface area contributed by atoms with E-state index >= 15 is 0 Å². The van der Waals surface area contributed by atoms with Crippen LogP contribution in [0.5, 0.6) is 0 Å². The molecule has 2 rings (SSSR count). The van der Waals surface area contributed by atoms with Crippen LogP contribution >= 0.6 is 0 Å². The third kappa shape index (κ3) is 6.84. The normalized spacial score (nSPS) is 11.3. The largest absolute Gasteiger partial charge is 0.382 e. The second-order valence-electron chi connectivity index (χ2n) is 5.76. The molecule has 0 spiro atoms. The lowest BCUT2D eigenvalue weighted by molar-refractivity contribution is -0.0556. The van der Waals surface area contributed by atoms with Crippen molar-refractivity contribution in [2.24, 2.45) is 0 Å². The van der Waals surface area contributed by atoms with Crippen LogP contribution in [0.2, 0.25) is 0 Å². The summed E-state index contributed by atoms with van der Waals surface area (Å²) in [5.41, 5.74) is 0.566. The summed E-state index contributed by atoms with van der Waals surface area (Å²) in [6.45, 7) is 0.869. The molecule has 1 aromatic heterocycles. The molecule has 0 saturated heterocycles. The Bertz CT molecular complexity index is 1080. The molecule has 0 N–H and O–H groups in total. The monoisotopic (exact) mass is 473 g/mol. The molecular formula is C21H16F5NO4S. The van der Waals surface area contributed by atoms with Gasteiger partial charge in [0, 0.05) is 13.3 Å². The summed E-state index contributed by atoms with van der Waals surface area (Å²) in [6.07, 6.45) is 1.46. The molecule has 0 saturated carbocycles. The molecule has 5 nitrogen and oxygen atoms in total. The molecule has 1 atom stereocenters. The highest BCUT2D eigenvalue weighted by atomic mass is 32.2. The highest BCUT2D eigenvalue weighted by Gasteiger charge is 2.28. The lowest BCUT2D eigenvalue weighted by atomic mass is 10.2. The van der Waals surface area contributed by atoms with E-state index in [0.29, 0.717) is 18.8 Å². The van der Waals surface area contributed by atoms with E-state index in [1.807, 2.05) is 0 Å². The highest BCUT2D eigenvalue weighted by Crippen LogP contribution is 2.25. The third-order valence-electron chi connectivity index (χ3n) is 3.61. The van der Waals surface area contributed by atoms with Gasteiger partial charge >= 0.3 is 0 Å². The summed E-state index contributed by atoms with van der Waals surface area (Å²) in [7, 11) is -1.06. The van der Waals surface area contributed by atoms with Gasteiger partial charge in [-0.3, -0.25) is 4.21 Å². The van der Waals surface area contributed by atoms with Crippen molar-refractivity contribution in [3.63, 3.8) is 0 Å². The number of benzene rings is 1. The first-order chi connectivity index (χ1) is 15.4. The third-order valence-corrected chi connectivity index (χ3v) is 4.83. The van der Waals surface area contributed by atoms with Crippen LogP contribution in [-0.2, 0) is 25.0 Å². The fourth-order valence-electron chi connectivity index (χ4n) is 2.13. The number of aromatic nitrogens is 1. The molecule has 0 aliphatic carbocycles. The van der Waals surface area contributed by atoms with Gasteiger partial charge in [-0.05, 0) is 18.1 Å². The van der Waals surface area contributed by atoms with E-state index < -0.39 is 50.5 Å². The van der Waals surface area contributed by atoms with E-state index in [0.717, 1.165) is 0 Å². The van der Waals surface area contributed by atoms with E-state index in [4.69, 9.17) is 14.2 Å². The molecule has 0 bridgehead atoms. The van der Waals surface area contributed by atoms with Crippen molar-refractivity contribution in [2.45, 2.75) is 4.90 Å². The minimum atomic E-state index is -2.60. The zero-order valence-corrected chi connectivity index (χ0v) is 17.5. The van der Waals surface area contributed by atoms with Crippen LogP contribution in [-0.4, -0.2) is 48.7 Å². The Hall–Kier alpha value is -2.83. The second-order valence-corrected chi connectivity index (χ2v) is 7.15. The van der Waals surface area contributed by atoms with Gasteiger partial charge in [-0.15, -0.1) is 0 Å². The summed E-state index contributed by atoms with van der Waals surface area (Å²) in [4.78, 5) is 2.61. The maximum atomic E-state index is 13.7. The fraction of sp³-hybridized carbons (Fsp3) is 0.286. The molecule has 11 heteroatoms. The lowest BCUT2D eigenvalue weighted by Crippen LogP contribution is -2.10. The van der Waals surface area contributed by atoms with Gasteiger partial charge < -0.3 is 14.2 Å². The number of pyridine rings is 1. The number of methoxy groups -OCH3 is 1. The standard InChI is InChI=1S/C21H16F5NO4S/c1-29-10-11-31-13-30-9-3-7-15-14(5-2-8-27-15)6-4-12-32(28)21-19(25)17(23)16(22)18(24)20(21)26/h2,5,8H,9-13H2,1H3. The summed E-state index contributed by atoms with van der Waals surface area (Å²) in [5, 5.41) is 0. The molecule has 0 aliphatic rings. The van der Waals surface area contributed by atoms with E-state index in [1.54, 1.807) is 19.2 Å². The first kappa shape index (κ1) is 25.4. The number of rotatable bonds is 8. The predicted octanol–water partition coefficient (Wildman–Crippen LogP) is 2.93. The van der Waals surface area contributed by atoms with Crippen molar-refractivity contribution in [1.29, 1.82) is 0 Å². The molecule has 0 aliphatic heterocycles. The zero-order valence-electron chi connectivity index (χ0n) is 16.6. The molecule has 0 amide bonds. The van der Waals surface area contributed by atoms with Crippen LogP contribution in [0.3, 0.4) is 0 Å². The summed E-state index contributed by atoms with van der Waals surface area (Å²) in [6, 6.07) is 3.09. The lowest BCUT2D eigenvalue weighted by Gasteiger charge is -2.06. The van der Waals surface area contributed by atoms with Gasteiger partial charge in [-0.2, -0.15) is 0 Å². The Morgan fingerprint density at radius 1 is 0.938 bits per heavy atom. The Balaban J connectivity index is 2.06. The Morgan fingerprint density at radius 3 is 2.31 bits per heavy atom. The van der Waals surface area contributed by atoms with Crippen molar-refractivity contribution < 1.29 is 40.4 Å². The van der Waals surface area contributed by atoms with E-state index in [1.165, 1.54) is 6.20 Å². The van der Waals surface area contributed by atoms with Crippen LogP contribution in [0, 0.1) is 52.8 Å². The quantitative estimate of drug-likeness (QED) is 0.147. The minimum Gasteiger partial charge on any atom is -0.382 e. The number of hydrogen-bond acceptors (Lipinski definition) is 5. The maximum absolute atomic E-state index is 13.7. The topological polar surface area (TPSA) is 57.6 Å². The number of halogens is 5. The molecule has 170 valence electrons. The first-order valence-corrected chi connectivity index (χ1v) is 10.2. The molecule has 32 heavy (non-hydrogen) atoms. The average Bonchev–Trinajstić information content (AvgIpc) is 2.79. The molecule has 2 aromatic rings. The highest BCUT2D eigenvalue weighted by molar-refractivity contribution is 7.85. The van der Waals surface area contributed by atoms with E-state index in [-0.39, 0.29) is 19.1 Å². The van der Waals surface area contributed by atoms with Crippen molar-refractivity contribution >= 4 is 10.8 Å². The second kappa shape index (κ2) is 12.9. The predicted molar refractivity (Wildman–Crippen MR) is 104 cm³/mol. The molecule has 0 radical (unpaired) electrons. The molecule has 1 aromatic carbocycles. The van der Waals surface area contributed by atoms with Crippen molar-refractivity contribution in [1.82, 2.24) is 4.98 Å². The first-order valence-electron chi connectivity index (χ1n) is 8.85. The van der Waals surface area contributed by atoms with Crippen molar-refractivity contribution in [2.75, 3.05) is 39.5 Å². The smallest absolute Gasteiger partial charge is 0.200 e. The van der Waals surface area contributed by atoms with Crippen LogP contribution in [0.1, 0.15) is 11.3 Å². The van der Waals surface area contributed by atoms with Crippen LogP contribution in [0.15, 0.2) is 23.2 Å². The number of nitrogens with zero attached hydrogens (tertiary/aromatic N) is 1. The fourth-order valence-corrected chi connectivity index (χ4v) is 3.06. The molecule has 0 fully saturated rings. The van der Waals surface area contributed by atoms with Gasteiger partial charge in [-0.25, -0.2) is 26.9 Å². The number of hydrogen-bond donors (Lipinski definition) is 0. The van der Waals surface area contributed by atoms with Gasteiger partial charge in [-0.1, -0.05) is 17.8 Å². The van der Waals surface area contributed by atoms with Crippen LogP contribution in [0.25, 0.3) is 0 Å². The SMILES string of the molecule is COCCOCOCC#Cc1ncccc1C#CCS(=O)c1c(F)c(F)c(F)c(F)c1F. The Morgan fingerprint density at radius 2 is 1.62 bits per heavy atom. The Kier molecular flexibility index (Phi) is 10.2. The van der Waals surface area contributed by atoms with Gasteiger partial charge in [0.05, 0.1) is 35.3 Å². The minimum absolute atomic E-state index is 0.0242. The van der Waals surface area contributed by atoms with Gasteiger partial charge in [0.1, 0.15) is 24.0 Å². The summed E-state index contributed by atoms with van der Waals surface area (Å²) in [5.74, 6) is -1.27. The van der Waals surface area contributed by atoms with E-state index in [9.17, 15) is 26.2 Å². The van der Waals surface area contributed by atoms with E-state index in [2.05, 4.69) is 28.7 Å². The van der Waals surface area contributed by atoms with Crippen molar-refractivity contribution in [3.8, 4) is 23.7 Å². The Labute approximate surface area is 183 Å². The number of ether oxygens (including phenoxy) is 3. The van der Waals surface area contributed by atoms with Gasteiger partial charge in [0.2, 0.25) is 5.82 Å². The molecule has 1 unspecified atom stereocenters. The molecule has 1 heterocycles. The maximum Gasteiger partial charge on any atom is 0.200 e. The summed E-state index contributed by atoms with van der Waals surface area (Å²) < 4.78 is 94.3. The zero-order chi connectivity index (χ0) is 23.5. The molecular weight excluding hydrogens is 457 g/mol.